The van der Waals surface area contributed by atoms with E-state index < -0.39 is 43.0 Å². The van der Waals surface area contributed by atoms with Crippen LogP contribution in [0.15, 0.2) is 0 Å². The van der Waals surface area contributed by atoms with Gasteiger partial charge in [-0.15, -0.1) is 0 Å². The average molecular weight is 672 g/mol. The van der Waals surface area contributed by atoms with Crippen molar-refractivity contribution >= 4 is 43.0 Å². The van der Waals surface area contributed by atoms with Crippen molar-refractivity contribution in [3.8, 4) is 0 Å². The minimum absolute atomic E-state index is 0. The van der Waals surface area contributed by atoms with Gasteiger partial charge in [0.05, 0.1) is 0 Å². The molecule has 0 unspecified atom stereocenters. The van der Waals surface area contributed by atoms with Crippen LogP contribution in [0.25, 0.3) is 0 Å². The molecule has 36 heavy (non-hydrogen) atoms. The molecule has 0 aliphatic carbocycles. The van der Waals surface area contributed by atoms with Crippen molar-refractivity contribution in [1.82, 2.24) is 0 Å². The van der Waals surface area contributed by atoms with Crippen LogP contribution in [0.4, 0.5) is 0 Å². The molecule has 15 nitrogen and oxygen atoms in total. The topological polar surface area (TPSA) is 138 Å². The van der Waals surface area contributed by atoms with E-state index >= 15 is 0 Å². The van der Waals surface area contributed by atoms with Gasteiger partial charge in [-0.25, -0.2) is 0 Å². The van der Waals surface area contributed by atoms with Crippen molar-refractivity contribution in [2.45, 2.75) is 0 Å². The Morgan fingerprint density at radius 1 is 0.194 bits per heavy atom. The quantitative estimate of drug-likeness (QED) is 0.195. The third-order valence-corrected chi connectivity index (χ3v) is 6.71. The van der Waals surface area contributed by atoms with Crippen LogP contribution in [0, 0.1) is 0 Å². The summed E-state index contributed by atoms with van der Waals surface area (Å²) in [6.45, 7) is 0. The summed E-state index contributed by atoms with van der Waals surface area (Å²) in [6, 6.07) is 0. The molecule has 0 spiro atoms. The second-order valence-corrected chi connectivity index (χ2v) is 11.6. The molecule has 0 aromatic heterocycles. The van der Waals surface area contributed by atoms with E-state index in [1.807, 2.05) is 0 Å². The van der Waals surface area contributed by atoms with E-state index in [9.17, 15) is 0 Å². The minimum Gasteiger partial charge on any atom is -0.316 e. The average Bonchev–Trinajstić information content (AvgIpc) is 2.91. The van der Waals surface area contributed by atoms with Crippen LogP contribution >= 0.6 is 43.0 Å². The summed E-state index contributed by atoms with van der Waals surface area (Å²) in [6.07, 6.45) is 0. The fraction of sp³-hybridized carbons (Fsp3) is 1.00. The molecule has 0 saturated heterocycles. The molecule has 0 fully saturated rings. The third kappa shape index (κ3) is 43.1. The molecule has 0 rings (SSSR count). The van der Waals surface area contributed by atoms with Gasteiger partial charge in [-0.05, 0) is 0 Å². The zero-order valence-corrected chi connectivity index (χ0v) is 29.5. The van der Waals surface area contributed by atoms with Crippen molar-refractivity contribution in [3.05, 3.63) is 0 Å². The van der Waals surface area contributed by atoms with Gasteiger partial charge in [0.2, 0.25) is 0 Å². The Morgan fingerprint density at radius 3 is 0.250 bits per heavy atom. The van der Waals surface area contributed by atoms with Gasteiger partial charge in [-0.1, -0.05) is 0 Å². The summed E-state index contributed by atoms with van der Waals surface area (Å²) in [5.74, 6) is 0. The molecule has 0 saturated carbocycles. The van der Waals surface area contributed by atoms with Gasteiger partial charge in [0, 0.05) is 124 Å². The van der Waals surface area contributed by atoms with Gasteiger partial charge in [-0.3, -0.25) is 0 Å². The maximum absolute atomic E-state index is 4.67. The molecule has 0 heterocycles. The molecule has 0 aromatic rings. The summed E-state index contributed by atoms with van der Waals surface area (Å²) in [5.41, 5.74) is 0. The fourth-order valence-electron chi connectivity index (χ4n) is 1.12. The van der Waals surface area contributed by atoms with E-state index in [2.05, 4.69) is 67.9 Å². The number of hydrogen-bond donors (Lipinski definition) is 0. The first kappa shape index (κ1) is 50.9. The van der Waals surface area contributed by atoms with Crippen LogP contribution < -0.4 is 0 Å². The molecular formula is C15H45CrO15P5. The van der Waals surface area contributed by atoms with Gasteiger partial charge < -0.3 is 67.9 Å². The molecular weight excluding hydrogens is 627 g/mol. The van der Waals surface area contributed by atoms with Crippen LogP contribution in [0.1, 0.15) is 0 Å². The van der Waals surface area contributed by atoms with Crippen molar-refractivity contribution in [2.75, 3.05) is 107 Å². The Bertz CT molecular complexity index is 235. The smallest absolute Gasteiger partial charge is 0.316 e. The van der Waals surface area contributed by atoms with Crippen LogP contribution in [-0.4, -0.2) is 107 Å². The molecule has 0 aliphatic rings. The molecule has 21 heteroatoms. The first-order valence-electron chi connectivity index (χ1n) is 8.86. The molecule has 0 atom stereocenters. The molecule has 0 bridgehead atoms. The van der Waals surface area contributed by atoms with Gasteiger partial charge in [-0.2, -0.15) is 0 Å². The Kier molecular flexibility index (Phi) is 66.3. The minimum atomic E-state index is -1.05. The van der Waals surface area contributed by atoms with E-state index in [-0.39, 0.29) is 17.4 Å². The molecule has 0 N–H and O–H groups in total. The number of hydrogen-bond acceptors (Lipinski definition) is 15. The summed E-state index contributed by atoms with van der Waals surface area (Å²) in [5, 5.41) is 0. The maximum atomic E-state index is 4.67. The second-order valence-electron chi connectivity index (χ2n) is 3.86. The molecule has 0 radical (unpaired) electrons. The standard InChI is InChI=1S/5C3H9O3P.Cr/c5*1-4-7(5-2)6-3;/h5*1-3H3;. The van der Waals surface area contributed by atoms with Crippen molar-refractivity contribution < 1.29 is 85.2 Å². The van der Waals surface area contributed by atoms with Crippen LogP contribution in [0.5, 0.6) is 0 Å². The van der Waals surface area contributed by atoms with Crippen molar-refractivity contribution in [1.29, 1.82) is 0 Å². The predicted molar refractivity (Wildman–Crippen MR) is 140 cm³/mol. The van der Waals surface area contributed by atoms with Crippen molar-refractivity contribution in [2.24, 2.45) is 0 Å². The SMILES string of the molecule is COP(OC)OC.COP(OC)OC.COP(OC)OC.COP(OC)OC.COP(OC)OC.[Cr]. The van der Waals surface area contributed by atoms with E-state index in [1.165, 1.54) is 0 Å². The summed E-state index contributed by atoms with van der Waals surface area (Å²) >= 11 is 0. The van der Waals surface area contributed by atoms with E-state index in [4.69, 9.17) is 0 Å². The Hall–Kier alpha value is 2.08. The normalized spacial score (nSPS) is 10.0. The first-order valence-corrected chi connectivity index (χ1v) is 14.3. The second kappa shape index (κ2) is 46.9. The van der Waals surface area contributed by atoms with E-state index in [0.29, 0.717) is 0 Å². The summed E-state index contributed by atoms with van der Waals surface area (Å²) in [7, 11) is 17.8. The van der Waals surface area contributed by atoms with Crippen LogP contribution in [-0.2, 0) is 85.2 Å². The fourth-order valence-corrected chi connectivity index (χ4v) is 3.35. The Morgan fingerprint density at radius 2 is 0.250 bits per heavy atom. The molecule has 226 valence electrons. The summed E-state index contributed by atoms with van der Waals surface area (Å²) in [4.78, 5) is 0. The van der Waals surface area contributed by atoms with Crippen LogP contribution in [0.3, 0.4) is 0 Å². The monoisotopic (exact) mass is 672 g/mol. The predicted octanol–water partition coefficient (Wildman–Crippen LogP) is 5.76. The molecule has 0 aliphatic heterocycles. The Balaban J connectivity index is -0.0000000776. The molecule has 0 amide bonds. The van der Waals surface area contributed by atoms with Gasteiger partial charge in [0.15, 0.2) is 0 Å². The van der Waals surface area contributed by atoms with Crippen LogP contribution in [0.2, 0.25) is 0 Å². The molecule has 0 aromatic carbocycles. The van der Waals surface area contributed by atoms with E-state index in [1.54, 1.807) is 107 Å². The van der Waals surface area contributed by atoms with Gasteiger partial charge in [0.25, 0.3) is 0 Å². The zero-order valence-electron chi connectivity index (χ0n) is 23.8. The third-order valence-electron chi connectivity index (χ3n) is 2.24. The van der Waals surface area contributed by atoms with Crippen molar-refractivity contribution in [3.63, 3.8) is 0 Å². The Labute approximate surface area is 234 Å². The zero-order chi connectivity index (χ0) is 28.5. The summed E-state index contributed by atoms with van der Waals surface area (Å²) < 4.78 is 70.0. The number of rotatable bonds is 15. The van der Waals surface area contributed by atoms with E-state index in [0.717, 1.165) is 0 Å². The van der Waals surface area contributed by atoms with Gasteiger partial charge in [0.1, 0.15) is 0 Å². The van der Waals surface area contributed by atoms with Gasteiger partial charge >= 0.3 is 43.0 Å². The first-order chi connectivity index (χ1) is 16.7. The largest absolute Gasteiger partial charge is 0.331 e. The maximum Gasteiger partial charge on any atom is 0.331 e.